The molecular weight excluding hydrogens is 122 g/mol. The maximum absolute atomic E-state index is 3.56. The minimum absolute atomic E-state index is 0.843. The van der Waals surface area contributed by atoms with E-state index in [2.05, 4.69) is 19.2 Å². The van der Waals surface area contributed by atoms with E-state index in [-0.39, 0.29) is 0 Å². The zero-order valence-electron chi connectivity index (χ0n) is 7.19. The SMILES string of the molecule is CCC(CC)C1CCCN1. The third-order valence-corrected chi connectivity index (χ3v) is 2.72. The fourth-order valence-corrected chi connectivity index (χ4v) is 1.97. The van der Waals surface area contributed by atoms with Gasteiger partial charge in [0.2, 0.25) is 0 Å². The van der Waals surface area contributed by atoms with Crippen molar-refractivity contribution in [2.45, 2.75) is 45.6 Å². The summed E-state index contributed by atoms with van der Waals surface area (Å²) in [6, 6.07) is 0.843. The fourth-order valence-electron chi connectivity index (χ4n) is 1.97. The molecule has 1 atom stereocenters. The van der Waals surface area contributed by atoms with E-state index in [0.717, 1.165) is 12.0 Å². The van der Waals surface area contributed by atoms with E-state index in [1.54, 1.807) is 0 Å². The lowest BCUT2D eigenvalue weighted by Crippen LogP contribution is -2.29. The van der Waals surface area contributed by atoms with E-state index in [9.17, 15) is 0 Å². The molecule has 60 valence electrons. The molecule has 0 aliphatic carbocycles. The number of nitrogens with one attached hydrogen (secondary N) is 1. The Hall–Kier alpha value is -0.0400. The lowest BCUT2D eigenvalue weighted by atomic mass is 9.93. The Labute approximate surface area is 64.2 Å². The Balaban J connectivity index is 2.29. The number of rotatable bonds is 3. The second-order valence-corrected chi connectivity index (χ2v) is 3.28. The molecule has 0 aromatic rings. The molecule has 1 saturated heterocycles. The highest BCUT2D eigenvalue weighted by atomic mass is 14.9. The molecule has 0 radical (unpaired) electrons. The molecule has 1 aliphatic rings. The van der Waals surface area contributed by atoms with Gasteiger partial charge in [0.1, 0.15) is 0 Å². The van der Waals surface area contributed by atoms with Gasteiger partial charge in [-0.15, -0.1) is 0 Å². The monoisotopic (exact) mass is 141 g/mol. The van der Waals surface area contributed by atoms with Crippen molar-refractivity contribution < 1.29 is 0 Å². The summed E-state index contributed by atoms with van der Waals surface area (Å²) < 4.78 is 0. The molecular formula is C9H19N. The van der Waals surface area contributed by atoms with Gasteiger partial charge >= 0.3 is 0 Å². The van der Waals surface area contributed by atoms with Gasteiger partial charge in [0, 0.05) is 6.04 Å². The second-order valence-electron chi connectivity index (χ2n) is 3.28. The first-order valence-electron chi connectivity index (χ1n) is 4.61. The molecule has 0 aromatic heterocycles. The molecule has 0 spiro atoms. The van der Waals surface area contributed by atoms with Gasteiger partial charge in [-0.3, -0.25) is 0 Å². The fraction of sp³-hybridized carbons (Fsp3) is 1.00. The van der Waals surface area contributed by atoms with E-state index in [1.807, 2.05) is 0 Å². The summed E-state index contributed by atoms with van der Waals surface area (Å²) in [4.78, 5) is 0. The van der Waals surface area contributed by atoms with Gasteiger partial charge in [-0.25, -0.2) is 0 Å². The summed E-state index contributed by atoms with van der Waals surface area (Å²) in [5, 5.41) is 3.56. The van der Waals surface area contributed by atoms with E-state index in [0.29, 0.717) is 0 Å². The first-order chi connectivity index (χ1) is 4.88. The summed E-state index contributed by atoms with van der Waals surface area (Å²) in [5.74, 6) is 0.933. The molecule has 1 aliphatic heterocycles. The third-order valence-electron chi connectivity index (χ3n) is 2.72. The summed E-state index contributed by atoms with van der Waals surface area (Å²) in [5.41, 5.74) is 0. The van der Waals surface area contributed by atoms with Crippen molar-refractivity contribution in [1.82, 2.24) is 5.32 Å². The predicted octanol–water partition coefficient (Wildman–Crippen LogP) is 2.17. The lowest BCUT2D eigenvalue weighted by molar-refractivity contribution is 0.367. The van der Waals surface area contributed by atoms with Crippen LogP contribution in [0.25, 0.3) is 0 Å². The van der Waals surface area contributed by atoms with E-state index >= 15 is 0 Å². The maximum atomic E-state index is 3.56. The van der Waals surface area contributed by atoms with Crippen LogP contribution < -0.4 is 5.32 Å². The quantitative estimate of drug-likeness (QED) is 0.635. The van der Waals surface area contributed by atoms with Crippen molar-refractivity contribution in [3.05, 3.63) is 0 Å². The summed E-state index contributed by atoms with van der Waals surface area (Å²) >= 11 is 0. The molecule has 1 rings (SSSR count). The van der Waals surface area contributed by atoms with Crippen molar-refractivity contribution >= 4 is 0 Å². The van der Waals surface area contributed by atoms with Crippen LogP contribution in [0.2, 0.25) is 0 Å². The molecule has 10 heavy (non-hydrogen) atoms. The van der Waals surface area contributed by atoms with Crippen LogP contribution in [0.1, 0.15) is 39.5 Å². The van der Waals surface area contributed by atoms with Gasteiger partial charge in [0.25, 0.3) is 0 Å². The van der Waals surface area contributed by atoms with Crippen LogP contribution in [0.4, 0.5) is 0 Å². The van der Waals surface area contributed by atoms with Crippen LogP contribution in [0, 0.1) is 5.92 Å². The zero-order valence-corrected chi connectivity index (χ0v) is 7.19. The average Bonchev–Trinajstić information content (AvgIpc) is 2.43. The maximum Gasteiger partial charge on any atom is 0.00955 e. The molecule has 0 saturated carbocycles. The number of hydrogen-bond acceptors (Lipinski definition) is 1. The van der Waals surface area contributed by atoms with E-state index in [1.165, 1.54) is 32.2 Å². The minimum atomic E-state index is 0.843. The van der Waals surface area contributed by atoms with Crippen LogP contribution in [-0.2, 0) is 0 Å². The molecule has 1 nitrogen and oxygen atoms in total. The molecule has 1 unspecified atom stereocenters. The van der Waals surface area contributed by atoms with E-state index < -0.39 is 0 Å². The second kappa shape index (κ2) is 3.97. The van der Waals surface area contributed by atoms with Crippen molar-refractivity contribution in [1.29, 1.82) is 0 Å². The molecule has 0 amide bonds. The normalized spacial score (nSPS) is 26.1. The summed E-state index contributed by atoms with van der Waals surface area (Å²) in [7, 11) is 0. The van der Waals surface area contributed by atoms with Crippen LogP contribution in [0.3, 0.4) is 0 Å². The first kappa shape index (κ1) is 8.06. The van der Waals surface area contributed by atoms with Crippen molar-refractivity contribution in [3.63, 3.8) is 0 Å². The summed E-state index contributed by atoms with van der Waals surface area (Å²) in [6.45, 7) is 5.85. The predicted molar refractivity (Wildman–Crippen MR) is 45.1 cm³/mol. The first-order valence-corrected chi connectivity index (χ1v) is 4.61. The zero-order chi connectivity index (χ0) is 7.40. The van der Waals surface area contributed by atoms with Gasteiger partial charge < -0.3 is 5.32 Å². The minimum Gasteiger partial charge on any atom is -0.314 e. The molecule has 1 heteroatoms. The van der Waals surface area contributed by atoms with Gasteiger partial charge in [0.05, 0.1) is 0 Å². The van der Waals surface area contributed by atoms with Gasteiger partial charge in [-0.05, 0) is 25.3 Å². The third kappa shape index (κ3) is 1.72. The van der Waals surface area contributed by atoms with Crippen molar-refractivity contribution in [2.24, 2.45) is 5.92 Å². The van der Waals surface area contributed by atoms with Crippen LogP contribution in [0.15, 0.2) is 0 Å². The lowest BCUT2D eigenvalue weighted by Gasteiger charge is -2.20. The summed E-state index contributed by atoms with van der Waals surface area (Å²) in [6.07, 6.45) is 5.48. The molecule has 1 fully saturated rings. The Kier molecular flexibility index (Phi) is 3.20. The smallest absolute Gasteiger partial charge is 0.00955 e. The highest BCUT2D eigenvalue weighted by Gasteiger charge is 2.20. The highest BCUT2D eigenvalue weighted by Crippen LogP contribution is 2.20. The van der Waals surface area contributed by atoms with Gasteiger partial charge in [0.15, 0.2) is 0 Å². The molecule has 0 aromatic carbocycles. The van der Waals surface area contributed by atoms with Crippen LogP contribution >= 0.6 is 0 Å². The van der Waals surface area contributed by atoms with Crippen molar-refractivity contribution in [3.8, 4) is 0 Å². The molecule has 0 bridgehead atoms. The van der Waals surface area contributed by atoms with Gasteiger partial charge in [-0.2, -0.15) is 0 Å². The topological polar surface area (TPSA) is 12.0 Å². The number of hydrogen-bond donors (Lipinski definition) is 1. The Morgan fingerprint density at radius 2 is 2.10 bits per heavy atom. The van der Waals surface area contributed by atoms with Crippen LogP contribution in [-0.4, -0.2) is 12.6 Å². The van der Waals surface area contributed by atoms with Crippen molar-refractivity contribution in [2.75, 3.05) is 6.54 Å². The largest absolute Gasteiger partial charge is 0.314 e. The molecule has 1 N–H and O–H groups in total. The Bertz CT molecular complexity index is 80.7. The van der Waals surface area contributed by atoms with Crippen LogP contribution in [0.5, 0.6) is 0 Å². The van der Waals surface area contributed by atoms with Gasteiger partial charge in [-0.1, -0.05) is 26.7 Å². The Morgan fingerprint density at radius 3 is 2.50 bits per heavy atom. The molecule has 1 heterocycles. The van der Waals surface area contributed by atoms with E-state index in [4.69, 9.17) is 0 Å². The highest BCUT2D eigenvalue weighted by molar-refractivity contribution is 4.79. The Morgan fingerprint density at radius 1 is 1.40 bits per heavy atom. The standard InChI is InChI=1S/C9H19N/c1-3-8(4-2)9-6-5-7-10-9/h8-10H,3-7H2,1-2H3. The average molecular weight is 141 g/mol.